The van der Waals surface area contributed by atoms with E-state index in [1.54, 1.807) is 0 Å². The number of benzene rings is 1. The highest BCUT2D eigenvalue weighted by Gasteiger charge is 2.05. The minimum atomic E-state index is -0.385. The summed E-state index contributed by atoms with van der Waals surface area (Å²) in [7, 11) is 0. The fourth-order valence-electron chi connectivity index (χ4n) is 1.81. The molecular weight excluding hydrogens is 242 g/mol. The van der Waals surface area contributed by atoms with Gasteiger partial charge in [0.15, 0.2) is 5.82 Å². The summed E-state index contributed by atoms with van der Waals surface area (Å²) in [6.07, 6.45) is 4.12. The van der Waals surface area contributed by atoms with Gasteiger partial charge in [-0.3, -0.25) is 0 Å². The third-order valence-corrected chi connectivity index (χ3v) is 4.34. The second kappa shape index (κ2) is 4.74. The monoisotopic (exact) mass is 257 g/mol. The van der Waals surface area contributed by atoms with Crippen molar-refractivity contribution in [1.29, 1.82) is 0 Å². The number of para-hydroxylation sites is 1. The van der Waals surface area contributed by atoms with Crippen molar-refractivity contribution >= 4 is 16.9 Å². The molecule has 92 valence electrons. The Morgan fingerprint density at radius 1 is 1.17 bits per heavy atom. The van der Waals surface area contributed by atoms with Gasteiger partial charge in [0.25, 0.3) is 0 Å². The largest absolute Gasteiger partial charge is 0.326 e. The van der Waals surface area contributed by atoms with Crippen LogP contribution in [0, 0.1) is 0 Å². The van der Waals surface area contributed by atoms with E-state index in [1.165, 1.54) is 5.57 Å². The van der Waals surface area contributed by atoms with E-state index in [-0.39, 0.29) is 11.1 Å². The first-order chi connectivity index (χ1) is 8.81. The van der Waals surface area contributed by atoms with E-state index in [0.29, 0.717) is 0 Å². The molecule has 0 spiro atoms. The van der Waals surface area contributed by atoms with Crippen molar-refractivity contribution in [2.24, 2.45) is 0 Å². The molecule has 1 N–H and O–H groups in total. The smallest absolute Gasteiger partial charge is 0.157 e. The number of thiol groups is 1. The van der Waals surface area contributed by atoms with E-state index in [2.05, 4.69) is 33.6 Å². The molecule has 0 radical (unpaired) electrons. The summed E-state index contributed by atoms with van der Waals surface area (Å²) in [5.74, 6) is 0.917. The van der Waals surface area contributed by atoms with Gasteiger partial charge in [-0.15, -0.1) is 16.2 Å². The molecule has 2 aromatic rings. The zero-order chi connectivity index (χ0) is 12.4. The standard InChI is InChI=1S/C14H15N3S/c1-12-8-10-18(11-12)16-14-7-9-17(15-14)13-5-3-2-4-6-13/h2-11,18H,1H3,(H,15,16). The van der Waals surface area contributed by atoms with Crippen LogP contribution in [-0.4, -0.2) is 9.78 Å². The lowest BCUT2D eigenvalue weighted by Gasteiger charge is -2.11. The highest BCUT2D eigenvalue weighted by molar-refractivity contribution is 8.23. The molecular formula is C14H15N3S. The molecule has 0 saturated heterocycles. The van der Waals surface area contributed by atoms with Gasteiger partial charge >= 0.3 is 0 Å². The molecule has 3 nitrogen and oxygen atoms in total. The van der Waals surface area contributed by atoms with Gasteiger partial charge in [0.1, 0.15) is 0 Å². The molecule has 3 rings (SSSR count). The summed E-state index contributed by atoms with van der Waals surface area (Å²) in [5, 5.41) is 8.98. The van der Waals surface area contributed by atoms with Crippen molar-refractivity contribution in [2.75, 3.05) is 4.72 Å². The first-order valence-electron chi connectivity index (χ1n) is 5.84. The van der Waals surface area contributed by atoms with Gasteiger partial charge in [-0.2, -0.15) is 0 Å². The number of rotatable bonds is 3. The predicted octanol–water partition coefficient (Wildman–Crippen LogP) is 3.63. The minimum Gasteiger partial charge on any atom is -0.326 e. The van der Waals surface area contributed by atoms with E-state index in [1.807, 2.05) is 47.3 Å². The van der Waals surface area contributed by atoms with Crippen LogP contribution < -0.4 is 4.72 Å². The van der Waals surface area contributed by atoms with Crippen LogP contribution in [0.3, 0.4) is 0 Å². The summed E-state index contributed by atoms with van der Waals surface area (Å²) in [6.45, 7) is 2.11. The highest BCUT2D eigenvalue weighted by Crippen LogP contribution is 2.35. The second-order valence-corrected chi connectivity index (χ2v) is 5.78. The van der Waals surface area contributed by atoms with Crippen LogP contribution in [0.2, 0.25) is 0 Å². The van der Waals surface area contributed by atoms with E-state index >= 15 is 0 Å². The Kier molecular flexibility index (Phi) is 2.94. The highest BCUT2D eigenvalue weighted by atomic mass is 32.2. The van der Waals surface area contributed by atoms with E-state index < -0.39 is 0 Å². The van der Waals surface area contributed by atoms with Crippen LogP contribution in [-0.2, 0) is 0 Å². The van der Waals surface area contributed by atoms with Gasteiger partial charge in [-0.05, 0) is 35.4 Å². The Labute approximate surface area is 109 Å². The molecule has 1 aromatic carbocycles. The summed E-state index contributed by atoms with van der Waals surface area (Å²) < 4.78 is 5.31. The predicted molar refractivity (Wildman–Crippen MR) is 79.1 cm³/mol. The molecule has 18 heavy (non-hydrogen) atoms. The van der Waals surface area contributed by atoms with Gasteiger partial charge in [0, 0.05) is 12.3 Å². The third-order valence-electron chi connectivity index (χ3n) is 2.69. The van der Waals surface area contributed by atoms with Crippen LogP contribution in [0.5, 0.6) is 0 Å². The number of nitrogens with zero attached hydrogens (tertiary/aromatic N) is 2. The summed E-state index contributed by atoms with van der Waals surface area (Å²) in [6, 6.07) is 12.1. The molecule has 1 aliphatic rings. The molecule has 0 fully saturated rings. The van der Waals surface area contributed by atoms with Crippen molar-refractivity contribution in [3.05, 3.63) is 65.1 Å². The van der Waals surface area contributed by atoms with Crippen LogP contribution in [0.4, 0.5) is 5.82 Å². The average Bonchev–Trinajstić information content (AvgIpc) is 3.01. The van der Waals surface area contributed by atoms with Crippen molar-refractivity contribution in [1.82, 2.24) is 9.78 Å². The first-order valence-corrected chi connectivity index (χ1v) is 7.32. The normalized spacial score (nSPS) is 19.8. The number of nitrogens with one attached hydrogen (secondary N) is 1. The molecule has 1 unspecified atom stereocenters. The lowest BCUT2D eigenvalue weighted by molar-refractivity contribution is 0.886. The Bertz CT molecular complexity index is 599. The lowest BCUT2D eigenvalue weighted by atomic mass is 10.3. The number of hydrogen-bond donors (Lipinski definition) is 2. The molecule has 2 heterocycles. The van der Waals surface area contributed by atoms with E-state index in [4.69, 9.17) is 0 Å². The molecule has 1 aromatic heterocycles. The molecule has 0 aliphatic carbocycles. The van der Waals surface area contributed by atoms with Gasteiger partial charge in [0.2, 0.25) is 0 Å². The van der Waals surface area contributed by atoms with Crippen LogP contribution in [0.25, 0.3) is 5.69 Å². The zero-order valence-corrected chi connectivity index (χ0v) is 11.0. The van der Waals surface area contributed by atoms with Crippen molar-refractivity contribution in [3.63, 3.8) is 0 Å². The van der Waals surface area contributed by atoms with Gasteiger partial charge in [-0.1, -0.05) is 24.3 Å². The number of hydrogen-bond acceptors (Lipinski definition) is 2. The summed E-state index contributed by atoms with van der Waals surface area (Å²) in [4.78, 5) is 0. The summed E-state index contributed by atoms with van der Waals surface area (Å²) in [5.41, 5.74) is 2.39. The topological polar surface area (TPSA) is 29.9 Å². The Morgan fingerprint density at radius 3 is 2.72 bits per heavy atom. The molecule has 0 bridgehead atoms. The maximum absolute atomic E-state index is 4.53. The molecule has 1 aliphatic heterocycles. The fraction of sp³-hybridized carbons (Fsp3) is 0.0714. The first kappa shape index (κ1) is 11.2. The molecule has 1 atom stereocenters. The lowest BCUT2D eigenvalue weighted by Crippen LogP contribution is -1.96. The zero-order valence-electron chi connectivity index (χ0n) is 10.1. The average molecular weight is 257 g/mol. The Morgan fingerprint density at radius 2 is 2.00 bits per heavy atom. The SMILES string of the molecule is CC1=C[SH](Nc2ccn(-c3ccccc3)n2)C=C1. The Hall–Kier alpha value is -1.94. The van der Waals surface area contributed by atoms with E-state index in [0.717, 1.165) is 11.5 Å². The van der Waals surface area contributed by atoms with E-state index in [9.17, 15) is 0 Å². The van der Waals surface area contributed by atoms with Crippen LogP contribution >= 0.6 is 11.1 Å². The van der Waals surface area contributed by atoms with Crippen LogP contribution in [0.1, 0.15) is 6.92 Å². The fourth-order valence-corrected chi connectivity index (χ4v) is 3.34. The Balaban J connectivity index is 1.76. The van der Waals surface area contributed by atoms with Gasteiger partial charge in [0.05, 0.1) is 5.69 Å². The summed E-state index contributed by atoms with van der Waals surface area (Å²) >= 11 is -0.385. The molecule has 4 heteroatoms. The van der Waals surface area contributed by atoms with Gasteiger partial charge < -0.3 is 4.72 Å². The maximum Gasteiger partial charge on any atom is 0.157 e. The van der Waals surface area contributed by atoms with Crippen molar-refractivity contribution in [3.8, 4) is 5.69 Å². The molecule has 0 amide bonds. The number of anilines is 1. The minimum absolute atomic E-state index is 0.385. The van der Waals surface area contributed by atoms with Crippen LogP contribution in [0.15, 0.2) is 65.1 Å². The third kappa shape index (κ3) is 2.33. The molecule has 0 saturated carbocycles. The number of allylic oxidation sites excluding steroid dienone is 2. The number of aromatic nitrogens is 2. The van der Waals surface area contributed by atoms with Crippen molar-refractivity contribution in [2.45, 2.75) is 6.92 Å². The maximum atomic E-state index is 4.53. The second-order valence-electron chi connectivity index (χ2n) is 4.19. The van der Waals surface area contributed by atoms with Gasteiger partial charge in [-0.25, -0.2) is 4.68 Å². The van der Waals surface area contributed by atoms with Crippen molar-refractivity contribution < 1.29 is 0 Å². The quantitative estimate of drug-likeness (QED) is 0.822.